The second kappa shape index (κ2) is 8.28. The van der Waals surface area contributed by atoms with E-state index in [9.17, 15) is 4.79 Å². The van der Waals surface area contributed by atoms with E-state index in [1.165, 1.54) is 18.1 Å². The number of amides is 1. The van der Waals surface area contributed by atoms with Crippen LogP contribution >= 0.6 is 11.8 Å². The van der Waals surface area contributed by atoms with E-state index in [1.807, 2.05) is 48.5 Å². The van der Waals surface area contributed by atoms with Gasteiger partial charge in [-0.2, -0.15) is 5.10 Å². The number of nitrogens with one attached hydrogen (secondary N) is 1. The number of fused-ring (bicyclic) bond motifs is 1. The maximum atomic E-state index is 12.6. The average molecular weight is 418 g/mol. The molecule has 30 heavy (non-hydrogen) atoms. The number of benzene rings is 2. The number of carbonyl (C=O) groups excluding carboxylic acids is 1. The fraction of sp³-hybridized carbons (Fsp3) is 0.217. The molecule has 0 aliphatic rings. The number of hydrogen-bond donors (Lipinski definition) is 1. The van der Waals surface area contributed by atoms with E-state index in [0.717, 1.165) is 33.0 Å². The largest absolute Gasteiger partial charge is 0.325 e. The molecule has 2 aromatic carbocycles. The third-order valence-corrected chi connectivity index (χ3v) is 5.68. The van der Waals surface area contributed by atoms with Gasteiger partial charge in [0.2, 0.25) is 5.91 Å². The predicted octanol–water partition coefficient (Wildman–Crippen LogP) is 4.84. The number of nitrogens with zero attached hydrogens (tertiary/aromatic N) is 4. The highest BCUT2D eigenvalue weighted by molar-refractivity contribution is 8.00. The second-order valence-corrected chi connectivity index (χ2v) is 8.90. The Morgan fingerprint density at radius 1 is 1.03 bits per heavy atom. The van der Waals surface area contributed by atoms with Crippen molar-refractivity contribution in [1.29, 1.82) is 0 Å². The van der Waals surface area contributed by atoms with Crippen LogP contribution in [0.25, 0.3) is 16.7 Å². The average Bonchev–Trinajstić information content (AvgIpc) is 3.17. The third-order valence-electron chi connectivity index (χ3n) is 4.68. The molecule has 1 N–H and O–H groups in total. The molecule has 152 valence electrons. The smallest absolute Gasteiger partial charge is 0.234 e. The monoisotopic (exact) mass is 417 g/mol. The van der Waals surface area contributed by atoms with E-state index in [4.69, 9.17) is 0 Å². The lowest BCUT2D eigenvalue weighted by atomic mass is 9.86. The van der Waals surface area contributed by atoms with Crippen LogP contribution < -0.4 is 5.32 Å². The Morgan fingerprint density at radius 2 is 1.77 bits per heavy atom. The molecule has 0 aliphatic heterocycles. The van der Waals surface area contributed by atoms with Crippen molar-refractivity contribution in [3.05, 3.63) is 72.7 Å². The summed E-state index contributed by atoms with van der Waals surface area (Å²) in [5.41, 5.74) is 3.55. The van der Waals surface area contributed by atoms with E-state index in [0.29, 0.717) is 0 Å². The van der Waals surface area contributed by atoms with Gasteiger partial charge in [-0.3, -0.25) is 4.79 Å². The lowest BCUT2D eigenvalue weighted by Crippen LogP contribution is -2.19. The van der Waals surface area contributed by atoms with Gasteiger partial charge in [-0.1, -0.05) is 68.9 Å². The van der Waals surface area contributed by atoms with Crippen LogP contribution in [0.1, 0.15) is 26.3 Å². The van der Waals surface area contributed by atoms with Gasteiger partial charge in [0.25, 0.3) is 0 Å². The number of anilines is 1. The highest BCUT2D eigenvalue weighted by Crippen LogP contribution is 2.30. The Morgan fingerprint density at radius 3 is 2.53 bits per heavy atom. The van der Waals surface area contributed by atoms with Gasteiger partial charge in [0.05, 0.1) is 23.0 Å². The van der Waals surface area contributed by atoms with Crippen molar-refractivity contribution >= 4 is 34.4 Å². The zero-order valence-corrected chi connectivity index (χ0v) is 18.0. The molecule has 0 saturated heterocycles. The van der Waals surface area contributed by atoms with Crippen LogP contribution in [-0.2, 0) is 10.2 Å². The number of para-hydroxylation sites is 2. The highest BCUT2D eigenvalue weighted by atomic mass is 32.2. The third kappa shape index (κ3) is 4.21. The van der Waals surface area contributed by atoms with Crippen LogP contribution in [-0.4, -0.2) is 31.4 Å². The van der Waals surface area contributed by atoms with Crippen LogP contribution in [0.4, 0.5) is 5.69 Å². The second-order valence-electron chi connectivity index (χ2n) is 7.94. The first-order valence-corrected chi connectivity index (χ1v) is 10.7. The summed E-state index contributed by atoms with van der Waals surface area (Å²) >= 11 is 1.38. The maximum absolute atomic E-state index is 12.6. The quantitative estimate of drug-likeness (QED) is 0.371. The summed E-state index contributed by atoms with van der Waals surface area (Å²) in [4.78, 5) is 21.4. The highest BCUT2D eigenvalue weighted by Gasteiger charge is 2.19. The minimum atomic E-state index is -0.0705. The Hall–Kier alpha value is -3.19. The van der Waals surface area contributed by atoms with Crippen LogP contribution in [0.15, 0.2) is 72.1 Å². The summed E-state index contributed by atoms with van der Waals surface area (Å²) in [6.07, 6.45) is 3.26. The van der Waals surface area contributed by atoms with Crippen LogP contribution in [0.3, 0.4) is 0 Å². The summed E-state index contributed by atoms with van der Waals surface area (Å²) in [6.45, 7) is 6.40. The molecule has 0 radical (unpaired) electrons. The van der Waals surface area contributed by atoms with Crippen molar-refractivity contribution in [1.82, 2.24) is 19.7 Å². The number of rotatable bonds is 5. The maximum Gasteiger partial charge on any atom is 0.234 e. The van der Waals surface area contributed by atoms with E-state index in [-0.39, 0.29) is 17.1 Å². The fourth-order valence-electron chi connectivity index (χ4n) is 3.26. The molecule has 0 bridgehead atoms. The Labute approximate surface area is 179 Å². The van der Waals surface area contributed by atoms with Crippen molar-refractivity contribution in [2.45, 2.75) is 31.2 Å². The molecule has 7 heteroatoms. The summed E-state index contributed by atoms with van der Waals surface area (Å²) in [5, 5.41) is 9.07. The molecule has 0 saturated carbocycles. The minimum absolute atomic E-state index is 0.0537. The molecule has 1 amide bonds. The predicted molar refractivity (Wildman–Crippen MR) is 121 cm³/mol. The van der Waals surface area contributed by atoms with Gasteiger partial charge in [0, 0.05) is 5.69 Å². The summed E-state index contributed by atoms with van der Waals surface area (Å²) < 4.78 is 1.78. The molecular weight excluding hydrogens is 394 g/mol. The number of carbonyl (C=O) groups is 1. The molecule has 4 aromatic rings. The molecule has 0 spiro atoms. The molecule has 6 nitrogen and oxygen atoms in total. The first kappa shape index (κ1) is 20.1. The lowest BCUT2D eigenvalue weighted by molar-refractivity contribution is -0.113. The van der Waals surface area contributed by atoms with Crippen LogP contribution in [0.2, 0.25) is 0 Å². The van der Waals surface area contributed by atoms with Gasteiger partial charge < -0.3 is 5.32 Å². The van der Waals surface area contributed by atoms with Gasteiger partial charge in [0.15, 0.2) is 5.65 Å². The van der Waals surface area contributed by atoms with Gasteiger partial charge in [-0.25, -0.2) is 14.6 Å². The standard InChI is InChI=1S/C23H23N5OS/c1-23(2,3)18-11-7-8-12-19(18)27-20(29)14-30-22-17-13-26-28(21(17)24-15-25-22)16-9-5-4-6-10-16/h4-13,15H,14H2,1-3H3,(H,27,29). The number of aromatic nitrogens is 4. The summed E-state index contributed by atoms with van der Waals surface area (Å²) in [7, 11) is 0. The molecule has 0 unspecified atom stereocenters. The van der Waals surface area contributed by atoms with Crippen molar-refractivity contribution in [2.24, 2.45) is 0 Å². The zero-order chi connectivity index (χ0) is 21.1. The van der Waals surface area contributed by atoms with Crippen molar-refractivity contribution < 1.29 is 4.79 Å². The first-order valence-electron chi connectivity index (χ1n) is 9.70. The normalized spacial score (nSPS) is 11.6. The van der Waals surface area contributed by atoms with Crippen molar-refractivity contribution in [3.8, 4) is 5.69 Å². The first-order chi connectivity index (χ1) is 14.4. The van der Waals surface area contributed by atoms with Gasteiger partial charge in [-0.15, -0.1) is 0 Å². The number of hydrogen-bond acceptors (Lipinski definition) is 5. The zero-order valence-electron chi connectivity index (χ0n) is 17.2. The SMILES string of the molecule is CC(C)(C)c1ccccc1NC(=O)CSc1ncnc2c1cnn2-c1ccccc1. The Balaban J connectivity index is 1.51. The molecule has 0 aliphatic carbocycles. The fourth-order valence-corrected chi connectivity index (χ4v) is 4.02. The van der Waals surface area contributed by atoms with E-state index >= 15 is 0 Å². The van der Waals surface area contributed by atoms with Crippen LogP contribution in [0, 0.1) is 0 Å². The molecule has 0 fully saturated rings. The Bertz CT molecular complexity index is 1180. The summed E-state index contributed by atoms with van der Waals surface area (Å²) in [6, 6.07) is 17.7. The lowest BCUT2D eigenvalue weighted by Gasteiger charge is -2.22. The molecule has 2 aromatic heterocycles. The topological polar surface area (TPSA) is 72.7 Å². The van der Waals surface area contributed by atoms with Crippen molar-refractivity contribution in [3.63, 3.8) is 0 Å². The van der Waals surface area contributed by atoms with Gasteiger partial charge >= 0.3 is 0 Å². The summed E-state index contributed by atoms with van der Waals surface area (Å²) in [5.74, 6) is 0.181. The van der Waals surface area contributed by atoms with Gasteiger partial charge in [0.1, 0.15) is 11.4 Å². The Kier molecular flexibility index (Phi) is 5.55. The van der Waals surface area contributed by atoms with E-state index < -0.39 is 0 Å². The number of thioether (sulfide) groups is 1. The molecule has 0 atom stereocenters. The van der Waals surface area contributed by atoms with Crippen molar-refractivity contribution in [2.75, 3.05) is 11.1 Å². The van der Waals surface area contributed by atoms with E-state index in [2.05, 4.69) is 47.2 Å². The van der Waals surface area contributed by atoms with E-state index in [1.54, 1.807) is 10.9 Å². The van der Waals surface area contributed by atoms with Gasteiger partial charge in [-0.05, 0) is 29.2 Å². The minimum Gasteiger partial charge on any atom is -0.325 e. The van der Waals surface area contributed by atoms with Crippen LogP contribution in [0.5, 0.6) is 0 Å². The molecular formula is C23H23N5OS. The molecule has 4 rings (SSSR count). The molecule has 2 heterocycles.